The van der Waals surface area contributed by atoms with Crippen molar-refractivity contribution < 1.29 is 9.26 Å². The van der Waals surface area contributed by atoms with Crippen LogP contribution in [0.1, 0.15) is 39.0 Å². The first kappa shape index (κ1) is 24.7. The van der Waals surface area contributed by atoms with E-state index >= 15 is 0 Å². The van der Waals surface area contributed by atoms with Crippen LogP contribution >= 0.6 is 10.7 Å². The number of aromatic amines is 1. The summed E-state index contributed by atoms with van der Waals surface area (Å²) in [7, 11) is 1.64. The van der Waals surface area contributed by atoms with Gasteiger partial charge in [0.15, 0.2) is 5.58 Å². The lowest BCUT2D eigenvalue weighted by Crippen LogP contribution is -2.27. The SMILES string of the molecule is C/C=S(\C)NCc1noc2cc(-c3cc(-n4ccc(=O)[nH]c4=O)cc(C(C)(C)C)c3OC)ccc12. The summed E-state index contributed by atoms with van der Waals surface area (Å²) < 4.78 is 16.4. The Morgan fingerprint density at radius 3 is 2.63 bits per heavy atom. The standard InChI is InChI=1S/C26H30N4O4S/c1-7-35(6)27-15-21-18-9-8-16(12-22(18)34-29-21)19-13-17(30-11-10-23(31)28-25(30)32)14-20(24(19)33-5)26(2,3)4/h7-14,27H,15H2,1-6H3,(H,28,31,32). The number of aromatic nitrogens is 3. The largest absolute Gasteiger partial charge is 0.496 e. The second kappa shape index (κ2) is 9.67. The fourth-order valence-corrected chi connectivity index (χ4v) is 4.45. The smallest absolute Gasteiger partial charge is 0.332 e. The summed E-state index contributed by atoms with van der Waals surface area (Å²) in [5.74, 6) is 0.716. The maximum Gasteiger partial charge on any atom is 0.332 e. The van der Waals surface area contributed by atoms with E-state index in [9.17, 15) is 9.59 Å². The Balaban J connectivity index is 1.89. The molecular formula is C26H30N4O4S. The van der Waals surface area contributed by atoms with Crippen molar-refractivity contribution in [2.75, 3.05) is 13.4 Å². The van der Waals surface area contributed by atoms with Gasteiger partial charge in [-0.15, -0.1) is 10.7 Å². The Morgan fingerprint density at radius 2 is 1.97 bits per heavy atom. The van der Waals surface area contributed by atoms with Gasteiger partial charge in [-0.3, -0.25) is 19.1 Å². The Morgan fingerprint density at radius 1 is 1.20 bits per heavy atom. The molecule has 0 fully saturated rings. The molecule has 0 saturated heterocycles. The quantitative estimate of drug-likeness (QED) is 0.386. The van der Waals surface area contributed by atoms with Crippen LogP contribution in [0.25, 0.3) is 27.8 Å². The number of fused-ring (bicyclic) bond motifs is 1. The number of rotatable bonds is 6. The van der Waals surface area contributed by atoms with E-state index < -0.39 is 11.2 Å². The third kappa shape index (κ3) is 5.01. The van der Waals surface area contributed by atoms with Crippen molar-refractivity contribution in [3.05, 3.63) is 74.7 Å². The van der Waals surface area contributed by atoms with E-state index in [-0.39, 0.29) is 16.1 Å². The van der Waals surface area contributed by atoms with Crippen LogP contribution in [0.2, 0.25) is 0 Å². The molecule has 0 spiro atoms. The number of methoxy groups -OCH3 is 1. The molecular weight excluding hydrogens is 464 g/mol. The molecule has 0 amide bonds. The fourth-order valence-electron chi connectivity index (χ4n) is 3.91. The molecule has 1 unspecified atom stereocenters. The summed E-state index contributed by atoms with van der Waals surface area (Å²) in [4.78, 5) is 26.5. The molecule has 4 aromatic rings. The zero-order valence-electron chi connectivity index (χ0n) is 20.8. The minimum absolute atomic E-state index is 0.00180. The van der Waals surface area contributed by atoms with Gasteiger partial charge in [-0.25, -0.2) is 4.79 Å². The molecule has 0 aliphatic heterocycles. The van der Waals surface area contributed by atoms with E-state index in [4.69, 9.17) is 9.26 Å². The van der Waals surface area contributed by atoms with Crippen LogP contribution in [-0.2, 0) is 12.0 Å². The van der Waals surface area contributed by atoms with Crippen LogP contribution in [-0.4, -0.2) is 33.4 Å². The maximum absolute atomic E-state index is 12.6. The predicted octanol–water partition coefficient (Wildman–Crippen LogP) is 4.37. The molecule has 2 N–H and O–H groups in total. The van der Waals surface area contributed by atoms with Gasteiger partial charge in [0, 0.05) is 28.8 Å². The normalized spacial score (nSPS) is 12.9. The fraction of sp³-hybridized carbons (Fsp3) is 0.308. The van der Waals surface area contributed by atoms with Gasteiger partial charge in [0.05, 0.1) is 19.3 Å². The molecule has 8 nitrogen and oxygen atoms in total. The van der Waals surface area contributed by atoms with Gasteiger partial charge >= 0.3 is 5.69 Å². The van der Waals surface area contributed by atoms with E-state index in [0.717, 1.165) is 27.8 Å². The lowest BCUT2D eigenvalue weighted by atomic mass is 9.83. The number of nitrogens with one attached hydrogen (secondary N) is 2. The zero-order chi connectivity index (χ0) is 25.3. The minimum atomic E-state index is -0.504. The molecule has 2 aromatic carbocycles. The number of nitrogens with zero attached hydrogens (tertiary/aromatic N) is 2. The topological polar surface area (TPSA) is 102 Å². The highest BCUT2D eigenvalue weighted by molar-refractivity contribution is 8.12. The molecule has 4 rings (SSSR count). The van der Waals surface area contributed by atoms with Crippen LogP contribution in [0.15, 0.2) is 56.7 Å². The van der Waals surface area contributed by atoms with Crippen molar-refractivity contribution in [3.8, 4) is 22.6 Å². The van der Waals surface area contributed by atoms with Crippen molar-refractivity contribution in [2.45, 2.75) is 39.7 Å². The Hall–Kier alpha value is -3.43. The van der Waals surface area contributed by atoms with Crippen molar-refractivity contribution in [1.82, 2.24) is 19.4 Å². The third-order valence-corrected chi connectivity index (χ3v) is 7.17. The summed E-state index contributed by atoms with van der Waals surface area (Å²) >= 11 is 0. The molecule has 0 aliphatic rings. The number of hydrogen-bond donors (Lipinski definition) is 2. The van der Waals surface area contributed by atoms with Crippen molar-refractivity contribution >= 4 is 27.0 Å². The number of benzene rings is 2. The summed E-state index contributed by atoms with van der Waals surface area (Å²) in [6.07, 6.45) is 3.59. The summed E-state index contributed by atoms with van der Waals surface area (Å²) in [6, 6.07) is 11.1. The Bertz CT molecular complexity index is 1540. The molecule has 184 valence electrons. The Kier molecular flexibility index (Phi) is 6.82. The third-order valence-electron chi connectivity index (χ3n) is 5.87. The molecule has 2 aromatic heterocycles. The van der Waals surface area contributed by atoms with Crippen LogP contribution in [0.5, 0.6) is 5.75 Å². The first-order chi connectivity index (χ1) is 16.6. The Labute approximate surface area is 206 Å². The minimum Gasteiger partial charge on any atom is -0.496 e. The van der Waals surface area contributed by atoms with Gasteiger partial charge in [0.1, 0.15) is 11.4 Å². The molecule has 0 bridgehead atoms. The van der Waals surface area contributed by atoms with E-state index in [1.54, 1.807) is 7.11 Å². The monoisotopic (exact) mass is 494 g/mol. The van der Waals surface area contributed by atoms with Crippen LogP contribution in [0.4, 0.5) is 0 Å². The number of ether oxygens (including phenoxy) is 1. The van der Waals surface area contributed by atoms with Crippen molar-refractivity contribution in [1.29, 1.82) is 0 Å². The summed E-state index contributed by atoms with van der Waals surface area (Å²) in [5.41, 5.74) is 3.53. The summed E-state index contributed by atoms with van der Waals surface area (Å²) in [6.45, 7) is 8.89. The van der Waals surface area contributed by atoms with Gasteiger partial charge in [-0.05, 0) is 48.4 Å². The number of H-pyrrole nitrogens is 1. The molecule has 9 heteroatoms. The first-order valence-corrected chi connectivity index (χ1v) is 12.9. The van der Waals surface area contributed by atoms with E-state index in [2.05, 4.69) is 47.3 Å². The maximum atomic E-state index is 12.6. The van der Waals surface area contributed by atoms with Crippen molar-refractivity contribution in [3.63, 3.8) is 0 Å². The predicted molar refractivity (Wildman–Crippen MR) is 143 cm³/mol. The van der Waals surface area contributed by atoms with Gasteiger partial charge < -0.3 is 9.26 Å². The first-order valence-electron chi connectivity index (χ1n) is 11.2. The van der Waals surface area contributed by atoms with Crippen LogP contribution in [0, 0.1) is 0 Å². The molecule has 2 heterocycles. The second-order valence-corrected chi connectivity index (χ2v) is 11.1. The highest BCUT2D eigenvalue weighted by Crippen LogP contribution is 2.41. The van der Waals surface area contributed by atoms with Crippen LogP contribution < -0.4 is 20.7 Å². The molecule has 0 radical (unpaired) electrons. The highest BCUT2D eigenvalue weighted by atomic mass is 32.2. The van der Waals surface area contributed by atoms with Gasteiger partial charge in [0.25, 0.3) is 5.56 Å². The molecule has 35 heavy (non-hydrogen) atoms. The average Bonchev–Trinajstić information content (AvgIpc) is 3.23. The van der Waals surface area contributed by atoms with Gasteiger partial charge in [0.2, 0.25) is 0 Å². The van der Waals surface area contributed by atoms with E-state index in [1.807, 2.05) is 37.3 Å². The number of hydrogen-bond acceptors (Lipinski definition) is 6. The van der Waals surface area contributed by atoms with E-state index in [0.29, 0.717) is 23.6 Å². The van der Waals surface area contributed by atoms with Crippen molar-refractivity contribution in [2.24, 2.45) is 0 Å². The lowest BCUT2D eigenvalue weighted by Gasteiger charge is -2.25. The van der Waals surface area contributed by atoms with Crippen LogP contribution in [0.3, 0.4) is 0 Å². The molecule has 0 saturated carbocycles. The average molecular weight is 495 g/mol. The highest BCUT2D eigenvalue weighted by Gasteiger charge is 2.24. The summed E-state index contributed by atoms with van der Waals surface area (Å²) in [5, 5.41) is 7.32. The zero-order valence-corrected chi connectivity index (χ0v) is 21.6. The molecule has 1 atom stereocenters. The second-order valence-electron chi connectivity index (χ2n) is 9.26. The lowest BCUT2D eigenvalue weighted by molar-refractivity contribution is 0.399. The van der Waals surface area contributed by atoms with E-state index in [1.165, 1.54) is 16.8 Å². The van der Waals surface area contributed by atoms with Gasteiger partial charge in [-0.1, -0.05) is 37.4 Å². The van der Waals surface area contributed by atoms with Gasteiger partial charge in [-0.2, -0.15) is 0 Å². The molecule has 0 aliphatic carbocycles.